The van der Waals surface area contributed by atoms with Gasteiger partial charge in [-0.2, -0.15) is 0 Å². The van der Waals surface area contributed by atoms with Crippen LogP contribution in [0.15, 0.2) is 47.1 Å². The Morgan fingerprint density at radius 1 is 1.24 bits per heavy atom. The van der Waals surface area contributed by atoms with Gasteiger partial charge in [-0.15, -0.1) is 0 Å². The summed E-state index contributed by atoms with van der Waals surface area (Å²) >= 11 is 3.37. The second-order valence-corrected chi connectivity index (χ2v) is 7.11. The summed E-state index contributed by atoms with van der Waals surface area (Å²) in [6.07, 6.45) is 4.87. The molecule has 1 unspecified atom stereocenters. The highest BCUT2D eigenvalue weighted by atomic mass is 79.9. The third-order valence-corrected chi connectivity index (χ3v) is 4.73. The fourth-order valence-corrected chi connectivity index (χ4v) is 2.91. The minimum Gasteiger partial charge on any atom is -0.465 e. The van der Waals surface area contributed by atoms with Crippen LogP contribution in [0.4, 0.5) is 5.69 Å². The number of anilines is 1. The largest absolute Gasteiger partial charge is 0.465 e. The third-order valence-electron chi connectivity index (χ3n) is 4.26. The molecule has 1 aliphatic rings. The first-order chi connectivity index (χ1) is 12.1. The number of amides is 1. The molecule has 1 atom stereocenters. The van der Waals surface area contributed by atoms with Crippen LogP contribution in [-0.2, 0) is 9.53 Å². The van der Waals surface area contributed by atoms with Crippen molar-refractivity contribution >= 4 is 33.5 Å². The molecule has 1 aromatic carbocycles. The number of nitrogens with one attached hydrogen (secondary N) is 1. The van der Waals surface area contributed by atoms with Gasteiger partial charge in [-0.3, -0.25) is 9.78 Å². The van der Waals surface area contributed by atoms with E-state index in [4.69, 9.17) is 0 Å². The van der Waals surface area contributed by atoms with E-state index in [9.17, 15) is 9.59 Å². The molecule has 0 aliphatic heterocycles. The molecule has 1 saturated carbocycles. The second-order valence-electron chi connectivity index (χ2n) is 6.19. The maximum absolute atomic E-state index is 12.8. The van der Waals surface area contributed by atoms with E-state index >= 15 is 0 Å². The standard InChI is InChI=1S/C19H19BrN2O3/c1-25-19(24)13-4-7-15(8-5-13)22-18(23)16(10-12-2-3-12)17-9-6-14(20)11-21-17/h4-9,11-12,16H,2-3,10H2,1H3,(H,22,23). The molecule has 1 N–H and O–H groups in total. The number of carbonyl (C=O) groups excluding carboxylic acids is 2. The summed E-state index contributed by atoms with van der Waals surface area (Å²) in [6.45, 7) is 0. The summed E-state index contributed by atoms with van der Waals surface area (Å²) in [4.78, 5) is 28.7. The van der Waals surface area contributed by atoms with Gasteiger partial charge < -0.3 is 10.1 Å². The number of pyridine rings is 1. The van der Waals surface area contributed by atoms with Crippen LogP contribution in [0.1, 0.15) is 41.2 Å². The number of benzene rings is 1. The summed E-state index contributed by atoms with van der Waals surface area (Å²) in [6, 6.07) is 10.5. The maximum atomic E-state index is 12.8. The highest BCUT2D eigenvalue weighted by molar-refractivity contribution is 9.10. The summed E-state index contributed by atoms with van der Waals surface area (Å²) in [5.74, 6) is -0.153. The van der Waals surface area contributed by atoms with Gasteiger partial charge in [0.2, 0.25) is 5.91 Å². The molecule has 0 spiro atoms. The lowest BCUT2D eigenvalue weighted by atomic mass is 9.96. The van der Waals surface area contributed by atoms with Crippen LogP contribution in [0.5, 0.6) is 0 Å². The van der Waals surface area contributed by atoms with Crippen molar-refractivity contribution in [1.29, 1.82) is 0 Å². The van der Waals surface area contributed by atoms with Gasteiger partial charge >= 0.3 is 5.97 Å². The number of rotatable bonds is 6. The molecule has 130 valence electrons. The molecule has 0 saturated heterocycles. The fourth-order valence-electron chi connectivity index (χ4n) is 2.68. The van der Waals surface area contributed by atoms with Crippen molar-refractivity contribution in [2.45, 2.75) is 25.2 Å². The molecule has 5 nitrogen and oxygen atoms in total. The lowest BCUT2D eigenvalue weighted by Crippen LogP contribution is -2.22. The number of carbonyl (C=O) groups is 2. The lowest BCUT2D eigenvalue weighted by Gasteiger charge is -2.16. The van der Waals surface area contributed by atoms with Crippen molar-refractivity contribution in [1.82, 2.24) is 4.98 Å². The van der Waals surface area contributed by atoms with Gasteiger partial charge in [-0.1, -0.05) is 12.8 Å². The van der Waals surface area contributed by atoms with Crippen LogP contribution in [0, 0.1) is 5.92 Å². The lowest BCUT2D eigenvalue weighted by molar-refractivity contribution is -0.117. The van der Waals surface area contributed by atoms with Crippen LogP contribution in [0.2, 0.25) is 0 Å². The minimum atomic E-state index is -0.399. The SMILES string of the molecule is COC(=O)c1ccc(NC(=O)C(CC2CC2)c2ccc(Br)cn2)cc1. The molecule has 3 rings (SSSR count). The molecule has 1 amide bonds. The number of hydrogen-bond donors (Lipinski definition) is 1. The summed E-state index contributed by atoms with van der Waals surface area (Å²) in [5, 5.41) is 2.93. The van der Waals surface area contributed by atoms with E-state index in [1.165, 1.54) is 20.0 Å². The van der Waals surface area contributed by atoms with Gasteiger partial charge in [0.05, 0.1) is 24.3 Å². The van der Waals surface area contributed by atoms with E-state index in [2.05, 4.69) is 31.0 Å². The third kappa shape index (κ3) is 4.66. The Labute approximate surface area is 154 Å². The molecule has 0 radical (unpaired) electrons. The van der Waals surface area contributed by atoms with Gasteiger partial charge in [0.1, 0.15) is 0 Å². The smallest absolute Gasteiger partial charge is 0.337 e. The van der Waals surface area contributed by atoms with Gasteiger partial charge in [0, 0.05) is 16.4 Å². The number of ether oxygens (including phenoxy) is 1. The first-order valence-corrected chi connectivity index (χ1v) is 8.97. The van der Waals surface area contributed by atoms with Crippen molar-refractivity contribution in [3.63, 3.8) is 0 Å². The Hall–Kier alpha value is -2.21. The van der Waals surface area contributed by atoms with Gasteiger partial charge in [0.15, 0.2) is 0 Å². The summed E-state index contributed by atoms with van der Waals surface area (Å²) < 4.78 is 5.56. The highest BCUT2D eigenvalue weighted by Gasteiger charge is 2.31. The predicted octanol–water partition coefficient (Wildman–Crippen LogP) is 4.15. The minimum absolute atomic E-state index is 0.0764. The van der Waals surface area contributed by atoms with Crippen molar-refractivity contribution in [2.24, 2.45) is 5.92 Å². The van der Waals surface area contributed by atoms with Crippen molar-refractivity contribution in [3.05, 3.63) is 58.3 Å². The zero-order valence-electron chi connectivity index (χ0n) is 13.9. The summed E-state index contributed by atoms with van der Waals surface area (Å²) in [7, 11) is 1.34. The van der Waals surface area contributed by atoms with Crippen LogP contribution in [0.25, 0.3) is 0 Å². The van der Waals surface area contributed by atoms with E-state index in [0.717, 1.165) is 16.6 Å². The zero-order chi connectivity index (χ0) is 17.8. The van der Waals surface area contributed by atoms with E-state index in [1.54, 1.807) is 30.5 Å². The average molecular weight is 403 g/mol. The molecular formula is C19H19BrN2O3. The first-order valence-electron chi connectivity index (χ1n) is 8.17. The average Bonchev–Trinajstić information content (AvgIpc) is 3.44. The fraction of sp³-hybridized carbons (Fsp3) is 0.316. The topological polar surface area (TPSA) is 68.3 Å². The van der Waals surface area contributed by atoms with Crippen LogP contribution >= 0.6 is 15.9 Å². The first kappa shape index (κ1) is 17.6. The molecule has 0 bridgehead atoms. The molecular weight excluding hydrogens is 384 g/mol. The second kappa shape index (κ2) is 7.78. The number of methoxy groups -OCH3 is 1. The molecule has 6 heteroatoms. The Morgan fingerprint density at radius 3 is 2.52 bits per heavy atom. The van der Waals surface area contributed by atoms with Crippen LogP contribution < -0.4 is 5.32 Å². The monoisotopic (exact) mass is 402 g/mol. The van der Waals surface area contributed by atoms with Gasteiger partial charge in [-0.05, 0) is 64.7 Å². The quantitative estimate of drug-likeness (QED) is 0.736. The Kier molecular flexibility index (Phi) is 5.48. The van der Waals surface area contributed by atoms with E-state index in [0.29, 0.717) is 17.2 Å². The molecule has 1 heterocycles. The molecule has 2 aromatic rings. The van der Waals surface area contributed by atoms with Crippen molar-refractivity contribution in [3.8, 4) is 0 Å². The van der Waals surface area contributed by atoms with E-state index < -0.39 is 5.97 Å². The van der Waals surface area contributed by atoms with Gasteiger partial charge in [-0.25, -0.2) is 4.79 Å². The van der Waals surface area contributed by atoms with Crippen LogP contribution in [-0.4, -0.2) is 24.0 Å². The number of esters is 1. The van der Waals surface area contributed by atoms with Crippen LogP contribution in [0.3, 0.4) is 0 Å². The normalized spacial score (nSPS) is 14.6. The van der Waals surface area contributed by atoms with Crippen molar-refractivity contribution < 1.29 is 14.3 Å². The Balaban J connectivity index is 1.73. The summed E-state index contributed by atoms with van der Waals surface area (Å²) in [5.41, 5.74) is 1.87. The van der Waals surface area contributed by atoms with E-state index in [1.807, 2.05) is 12.1 Å². The Morgan fingerprint density at radius 2 is 1.96 bits per heavy atom. The number of aromatic nitrogens is 1. The zero-order valence-corrected chi connectivity index (χ0v) is 15.5. The molecule has 1 aliphatic carbocycles. The maximum Gasteiger partial charge on any atom is 0.337 e. The highest BCUT2D eigenvalue weighted by Crippen LogP contribution is 2.38. The molecule has 1 aromatic heterocycles. The molecule has 1 fully saturated rings. The molecule has 25 heavy (non-hydrogen) atoms. The predicted molar refractivity (Wildman–Crippen MR) is 98.4 cm³/mol. The number of hydrogen-bond acceptors (Lipinski definition) is 4. The van der Waals surface area contributed by atoms with Crippen molar-refractivity contribution in [2.75, 3.05) is 12.4 Å². The number of nitrogens with zero attached hydrogens (tertiary/aromatic N) is 1. The number of halogens is 1. The van der Waals surface area contributed by atoms with E-state index in [-0.39, 0.29) is 11.8 Å². The Bertz CT molecular complexity index is 755. The van der Waals surface area contributed by atoms with Gasteiger partial charge in [0.25, 0.3) is 0 Å².